The number of hydrogen-bond donors (Lipinski definition) is 0. The summed E-state index contributed by atoms with van der Waals surface area (Å²) in [6.07, 6.45) is -0.0475. The summed E-state index contributed by atoms with van der Waals surface area (Å²) in [5.74, 6) is 0.554. The van der Waals surface area contributed by atoms with Crippen LogP contribution in [0.1, 0.15) is 37.1 Å². The average molecular weight is 233 g/mol. The fraction of sp³-hybridized carbons (Fsp3) is 0.417. The lowest BCUT2D eigenvalue weighted by atomic mass is 10.0. The zero-order valence-corrected chi connectivity index (χ0v) is 10.5. The number of thiocarbonyl (C=S) groups is 1. The van der Waals surface area contributed by atoms with Gasteiger partial charge in [0.2, 0.25) is 5.11 Å². The Hall–Kier alpha value is -1.29. The number of rotatable bonds is 2. The molecule has 1 unspecified atom stereocenters. The monoisotopic (exact) mass is 233 g/mol. The van der Waals surface area contributed by atoms with Crippen LogP contribution in [0.4, 0.5) is 0 Å². The highest BCUT2D eigenvalue weighted by molar-refractivity contribution is 7.80. The van der Waals surface area contributed by atoms with E-state index in [-0.39, 0.29) is 6.17 Å². The molecular formula is C12H15N3S. The van der Waals surface area contributed by atoms with Gasteiger partial charge in [-0.1, -0.05) is 38.1 Å². The summed E-state index contributed by atoms with van der Waals surface area (Å²) >= 11 is 5.05. The fourth-order valence-corrected chi connectivity index (χ4v) is 1.85. The highest BCUT2D eigenvalue weighted by atomic mass is 32.1. The van der Waals surface area contributed by atoms with Gasteiger partial charge < -0.3 is 4.90 Å². The summed E-state index contributed by atoms with van der Waals surface area (Å²) in [5, 5.41) is 8.62. The van der Waals surface area contributed by atoms with Gasteiger partial charge in [-0.3, -0.25) is 0 Å². The van der Waals surface area contributed by atoms with Crippen molar-refractivity contribution in [1.29, 1.82) is 0 Å². The predicted molar refractivity (Wildman–Crippen MR) is 68.5 cm³/mol. The fourth-order valence-electron chi connectivity index (χ4n) is 1.70. The lowest BCUT2D eigenvalue weighted by molar-refractivity contribution is 0.413. The van der Waals surface area contributed by atoms with E-state index in [1.54, 1.807) is 0 Å². The van der Waals surface area contributed by atoms with Crippen molar-refractivity contribution in [3.63, 3.8) is 0 Å². The van der Waals surface area contributed by atoms with Crippen molar-refractivity contribution in [2.75, 3.05) is 7.05 Å². The van der Waals surface area contributed by atoms with Crippen LogP contribution in [-0.2, 0) is 0 Å². The van der Waals surface area contributed by atoms with E-state index in [0.29, 0.717) is 11.0 Å². The van der Waals surface area contributed by atoms with Gasteiger partial charge in [-0.25, -0.2) is 0 Å². The van der Waals surface area contributed by atoms with E-state index in [0.717, 1.165) is 5.56 Å². The standard InChI is InChI=1S/C12H15N3S/c1-8(2)9-4-6-10(7-5-9)11-13-14-12(16)15(11)3/h4-8,11H,1-3H3. The van der Waals surface area contributed by atoms with E-state index in [9.17, 15) is 0 Å². The van der Waals surface area contributed by atoms with Gasteiger partial charge >= 0.3 is 0 Å². The summed E-state index contributed by atoms with van der Waals surface area (Å²) in [6.45, 7) is 4.37. The van der Waals surface area contributed by atoms with Crippen LogP contribution in [0, 0.1) is 0 Å². The van der Waals surface area contributed by atoms with Gasteiger partial charge in [0.25, 0.3) is 0 Å². The van der Waals surface area contributed by atoms with Crippen LogP contribution in [0.3, 0.4) is 0 Å². The normalized spacial score (nSPS) is 19.9. The number of benzene rings is 1. The second-order valence-electron chi connectivity index (χ2n) is 4.30. The largest absolute Gasteiger partial charge is 0.322 e. The molecule has 84 valence electrons. The molecule has 0 spiro atoms. The molecule has 0 aromatic heterocycles. The predicted octanol–water partition coefficient (Wildman–Crippen LogP) is 3.49. The average Bonchev–Trinajstić information content (AvgIpc) is 2.60. The van der Waals surface area contributed by atoms with Crippen molar-refractivity contribution in [1.82, 2.24) is 4.90 Å². The van der Waals surface area contributed by atoms with Gasteiger partial charge in [-0.15, -0.1) is 5.11 Å². The second-order valence-corrected chi connectivity index (χ2v) is 4.67. The van der Waals surface area contributed by atoms with Gasteiger partial charge in [0.1, 0.15) is 0 Å². The summed E-state index contributed by atoms with van der Waals surface area (Å²) in [5.41, 5.74) is 2.47. The van der Waals surface area contributed by atoms with Crippen LogP contribution in [0.25, 0.3) is 0 Å². The zero-order chi connectivity index (χ0) is 11.7. The molecule has 16 heavy (non-hydrogen) atoms. The maximum absolute atomic E-state index is 5.05. The van der Waals surface area contributed by atoms with Crippen LogP contribution in [0.15, 0.2) is 34.5 Å². The van der Waals surface area contributed by atoms with Crippen LogP contribution in [0.5, 0.6) is 0 Å². The van der Waals surface area contributed by atoms with Crippen molar-refractivity contribution >= 4 is 17.3 Å². The Morgan fingerprint density at radius 3 is 2.31 bits per heavy atom. The van der Waals surface area contributed by atoms with E-state index in [4.69, 9.17) is 12.2 Å². The van der Waals surface area contributed by atoms with Crippen molar-refractivity contribution in [2.45, 2.75) is 25.9 Å². The highest BCUT2D eigenvalue weighted by Crippen LogP contribution is 2.28. The molecule has 0 saturated carbocycles. The minimum absolute atomic E-state index is 0.0475. The molecule has 0 fully saturated rings. The molecule has 1 aliphatic heterocycles. The van der Waals surface area contributed by atoms with E-state index < -0.39 is 0 Å². The van der Waals surface area contributed by atoms with Crippen LogP contribution in [-0.4, -0.2) is 17.1 Å². The lowest BCUT2D eigenvalue weighted by Gasteiger charge is -2.18. The maximum atomic E-state index is 5.05. The van der Waals surface area contributed by atoms with E-state index >= 15 is 0 Å². The third kappa shape index (κ3) is 1.97. The first kappa shape index (κ1) is 11.2. The molecule has 2 rings (SSSR count). The molecule has 0 radical (unpaired) electrons. The maximum Gasteiger partial charge on any atom is 0.217 e. The molecule has 1 heterocycles. The first-order chi connectivity index (χ1) is 7.59. The molecule has 1 atom stereocenters. The Kier molecular flexibility index (Phi) is 3.01. The van der Waals surface area contributed by atoms with E-state index in [1.165, 1.54) is 5.56 Å². The first-order valence-corrected chi connectivity index (χ1v) is 5.78. The van der Waals surface area contributed by atoms with Gasteiger partial charge in [0.05, 0.1) is 0 Å². The minimum atomic E-state index is -0.0475. The summed E-state index contributed by atoms with van der Waals surface area (Å²) < 4.78 is 0. The minimum Gasteiger partial charge on any atom is -0.322 e. The van der Waals surface area contributed by atoms with Gasteiger partial charge in [-0.2, -0.15) is 5.11 Å². The van der Waals surface area contributed by atoms with Gasteiger partial charge in [-0.05, 0) is 29.3 Å². The number of nitrogens with zero attached hydrogens (tertiary/aromatic N) is 3. The molecule has 3 nitrogen and oxygen atoms in total. The van der Waals surface area contributed by atoms with E-state index in [1.807, 2.05) is 11.9 Å². The Bertz CT molecular complexity index is 422. The van der Waals surface area contributed by atoms with Gasteiger partial charge in [0, 0.05) is 7.05 Å². The number of hydrogen-bond acceptors (Lipinski definition) is 2. The molecule has 1 aromatic carbocycles. The van der Waals surface area contributed by atoms with Crippen LogP contribution < -0.4 is 0 Å². The van der Waals surface area contributed by atoms with Crippen molar-refractivity contribution in [3.8, 4) is 0 Å². The van der Waals surface area contributed by atoms with E-state index in [2.05, 4.69) is 48.3 Å². The zero-order valence-electron chi connectivity index (χ0n) is 9.71. The molecule has 0 amide bonds. The van der Waals surface area contributed by atoms with Crippen LogP contribution >= 0.6 is 12.2 Å². The Morgan fingerprint density at radius 2 is 1.88 bits per heavy atom. The molecule has 0 bridgehead atoms. The molecule has 1 aliphatic rings. The molecule has 0 saturated heterocycles. The summed E-state index contributed by atoms with van der Waals surface area (Å²) in [7, 11) is 1.92. The van der Waals surface area contributed by atoms with Gasteiger partial charge in [0.15, 0.2) is 6.17 Å². The first-order valence-electron chi connectivity index (χ1n) is 5.37. The molecule has 4 heteroatoms. The molecular weight excluding hydrogens is 218 g/mol. The second kappa shape index (κ2) is 4.29. The summed E-state index contributed by atoms with van der Waals surface area (Å²) in [4.78, 5) is 1.90. The lowest BCUT2D eigenvalue weighted by Crippen LogP contribution is -2.22. The third-order valence-corrected chi connectivity index (χ3v) is 3.19. The number of azo groups is 1. The molecule has 0 N–H and O–H groups in total. The Balaban J connectivity index is 2.23. The third-order valence-electron chi connectivity index (χ3n) is 2.82. The summed E-state index contributed by atoms with van der Waals surface area (Å²) in [6, 6.07) is 8.49. The smallest absolute Gasteiger partial charge is 0.217 e. The quantitative estimate of drug-likeness (QED) is 0.731. The Labute approximate surface area is 101 Å². The highest BCUT2D eigenvalue weighted by Gasteiger charge is 2.23. The van der Waals surface area contributed by atoms with Crippen molar-refractivity contribution < 1.29 is 0 Å². The Morgan fingerprint density at radius 1 is 1.25 bits per heavy atom. The van der Waals surface area contributed by atoms with Crippen molar-refractivity contribution in [2.24, 2.45) is 10.2 Å². The SMILES string of the molecule is CC(C)c1ccc(C2N=NC(=S)N2C)cc1. The molecule has 0 aliphatic carbocycles. The van der Waals surface area contributed by atoms with Crippen LogP contribution in [0.2, 0.25) is 0 Å². The molecule has 1 aromatic rings. The topological polar surface area (TPSA) is 28.0 Å². The van der Waals surface area contributed by atoms with Crippen molar-refractivity contribution in [3.05, 3.63) is 35.4 Å².